The lowest BCUT2D eigenvalue weighted by atomic mass is 9.88. The molecular weight excluding hydrogens is 520 g/mol. The maximum absolute atomic E-state index is 11.9. The third-order valence-electron chi connectivity index (χ3n) is 7.40. The first-order chi connectivity index (χ1) is 18.8. The maximum Gasteiger partial charge on any atom is 0.305 e. The van der Waals surface area contributed by atoms with Crippen LogP contribution in [0.15, 0.2) is 54.6 Å². The molecule has 1 heterocycles. The van der Waals surface area contributed by atoms with Crippen LogP contribution in [-0.4, -0.2) is 51.0 Å². The lowest BCUT2D eigenvalue weighted by molar-refractivity contribution is -0.138. The summed E-state index contributed by atoms with van der Waals surface area (Å²) < 4.78 is 12.9. The van der Waals surface area contributed by atoms with Gasteiger partial charge in [0.05, 0.1) is 20.1 Å². The summed E-state index contributed by atoms with van der Waals surface area (Å²) >= 11 is 6.13. The molecule has 1 saturated carbocycles. The summed E-state index contributed by atoms with van der Waals surface area (Å²) in [7, 11) is 1.58. The van der Waals surface area contributed by atoms with Crippen molar-refractivity contribution in [3.8, 4) is 23.3 Å². The van der Waals surface area contributed by atoms with E-state index in [4.69, 9.17) is 21.1 Å². The number of hydrogen-bond acceptors (Lipinski definition) is 6. The summed E-state index contributed by atoms with van der Waals surface area (Å²) in [4.78, 5) is 14.2. The van der Waals surface area contributed by atoms with E-state index in [1.807, 2.05) is 42.5 Å². The standard InChI is InChI=1S/C30H37ClN2O6/c1-38-27-17-22(7-12-26(27)39-16-15-33-28(34)13-14-29(33)35)20-32(19-21-5-3-2-4-6-21)25(18-30(36)37)23-8-10-24(31)11-9-23/h7-14,17,21,25,34-35H,2-6,15-16,18-20H2,1H3,(H,36,37). The molecule has 1 atom stereocenters. The van der Waals surface area contributed by atoms with E-state index < -0.39 is 5.97 Å². The van der Waals surface area contributed by atoms with Gasteiger partial charge in [0.25, 0.3) is 0 Å². The predicted octanol–water partition coefficient (Wildman–Crippen LogP) is 6.24. The number of carboxylic acids is 1. The van der Waals surface area contributed by atoms with Crippen LogP contribution in [0.3, 0.4) is 0 Å². The summed E-state index contributed by atoms with van der Waals surface area (Å²) in [6, 6.07) is 15.7. The van der Waals surface area contributed by atoms with E-state index in [9.17, 15) is 20.1 Å². The number of benzene rings is 2. The van der Waals surface area contributed by atoms with Gasteiger partial charge in [0.15, 0.2) is 23.3 Å². The van der Waals surface area contributed by atoms with Gasteiger partial charge in [-0.2, -0.15) is 0 Å². The maximum atomic E-state index is 11.9. The van der Waals surface area contributed by atoms with Crippen LogP contribution in [0.2, 0.25) is 5.02 Å². The Morgan fingerprint density at radius 2 is 1.72 bits per heavy atom. The topological polar surface area (TPSA) is 104 Å². The normalized spacial score (nSPS) is 14.8. The quantitative estimate of drug-likeness (QED) is 0.229. The van der Waals surface area contributed by atoms with E-state index in [2.05, 4.69) is 4.90 Å². The highest BCUT2D eigenvalue weighted by atomic mass is 35.5. The van der Waals surface area contributed by atoms with Gasteiger partial charge in [-0.1, -0.05) is 49.1 Å². The molecule has 1 aliphatic rings. The monoisotopic (exact) mass is 556 g/mol. The van der Waals surface area contributed by atoms with Crippen LogP contribution in [0.4, 0.5) is 0 Å². The van der Waals surface area contributed by atoms with Gasteiger partial charge in [-0.15, -0.1) is 0 Å². The lowest BCUT2D eigenvalue weighted by Crippen LogP contribution is -2.35. The molecule has 0 radical (unpaired) electrons. The lowest BCUT2D eigenvalue weighted by Gasteiger charge is -2.35. The number of carboxylic acid groups (broad SMARTS) is 1. The van der Waals surface area contributed by atoms with E-state index in [1.54, 1.807) is 7.11 Å². The second-order valence-corrected chi connectivity index (χ2v) is 10.6. The summed E-state index contributed by atoms with van der Waals surface area (Å²) in [6.07, 6.45) is 5.97. The molecule has 9 heteroatoms. The van der Waals surface area contributed by atoms with Gasteiger partial charge in [0, 0.05) is 36.3 Å². The van der Waals surface area contributed by atoms with E-state index in [1.165, 1.54) is 36.0 Å². The summed E-state index contributed by atoms with van der Waals surface area (Å²) in [5, 5.41) is 30.1. The fraction of sp³-hybridized carbons (Fsp3) is 0.433. The molecule has 1 unspecified atom stereocenters. The summed E-state index contributed by atoms with van der Waals surface area (Å²) in [6.45, 7) is 1.85. The number of ether oxygens (including phenoxy) is 2. The van der Waals surface area contributed by atoms with Gasteiger partial charge in [0.2, 0.25) is 0 Å². The molecule has 1 fully saturated rings. The van der Waals surface area contributed by atoms with Gasteiger partial charge in [0.1, 0.15) is 6.61 Å². The van der Waals surface area contributed by atoms with Crippen molar-refractivity contribution < 1.29 is 29.6 Å². The third kappa shape index (κ3) is 7.83. The number of nitrogens with zero attached hydrogens (tertiary/aromatic N) is 2. The van der Waals surface area contributed by atoms with E-state index in [0.29, 0.717) is 29.0 Å². The Kier molecular flexibility index (Phi) is 10.0. The smallest absolute Gasteiger partial charge is 0.305 e. The number of halogens is 1. The van der Waals surface area contributed by atoms with Crippen LogP contribution < -0.4 is 9.47 Å². The van der Waals surface area contributed by atoms with Crippen molar-refractivity contribution in [2.45, 2.75) is 57.7 Å². The second kappa shape index (κ2) is 13.6. The fourth-order valence-electron chi connectivity index (χ4n) is 5.40. The molecule has 1 aromatic heterocycles. The molecule has 4 rings (SSSR count). The van der Waals surface area contributed by atoms with Crippen molar-refractivity contribution in [1.29, 1.82) is 0 Å². The van der Waals surface area contributed by atoms with Crippen LogP contribution in [-0.2, 0) is 17.9 Å². The van der Waals surface area contributed by atoms with Gasteiger partial charge in [-0.3, -0.25) is 14.3 Å². The molecule has 3 N–H and O–H groups in total. The molecule has 2 aromatic carbocycles. The first-order valence-corrected chi connectivity index (χ1v) is 13.8. The highest BCUT2D eigenvalue weighted by molar-refractivity contribution is 6.30. The minimum atomic E-state index is -0.843. The van der Waals surface area contributed by atoms with E-state index in [-0.39, 0.29) is 37.4 Å². The minimum absolute atomic E-state index is 0.00817. The zero-order valence-electron chi connectivity index (χ0n) is 22.3. The van der Waals surface area contributed by atoms with E-state index >= 15 is 0 Å². The second-order valence-electron chi connectivity index (χ2n) is 10.1. The molecule has 39 heavy (non-hydrogen) atoms. The summed E-state index contributed by atoms with van der Waals surface area (Å²) in [5.41, 5.74) is 1.92. The molecular formula is C30H37ClN2O6. The highest BCUT2D eigenvalue weighted by Gasteiger charge is 2.27. The van der Waals surface area contributed by atoms with Crippen LogP contribution in [0, 0.1) is 5.92 Å². The van der Waals surface area contributed by atoms with Crippen molar-refractivity contribution in [1.82, 2.24) is 9.47 Å². The molecule has 210 valence electrons. The molecule has 8 nitrogen and oxygen atoms in total. The van der Waals surface area contributed by atoms with Crippen molar-refractivity contribution in [3.63, 3.8) is 0 Å². The first kappa shape index (κ1) is 28.6. The Balaban J connectivity index is 1.54. The van der Waals surface area contributed by atoms with Crippen LogP contribution >= 0.6 is 11.6 Å². The molecule has 1 aliphatic carbocycles. The first-order valence-electron chi connectivity index (χ1n) is 13.4. The number of hydrogen-bond donors (Lipinski definition) is 3. The van der Waals surface area contributed by atoms with Crippen LogP contribution in [0.25, 0.3) is 0 Å². The molecule has 0 aliphatic heterocycles. The van der Waals surface area contributed by atoms with E-state index in [0.717, 1.165) is 30.5 Å². The van der Waals surface area contributed by atoms with Gasteiger partial charge >= 0.3 is 5.97 Å². The average Bonchev–Trinajstić information content (AvgIpc) is 3.25. The molecule has 0 amide bonds. The number of carbonyl (C=O) groups is 1. The van der Waals surface area contributed by atoms with Gasteiger partial charge in [-0.05, 0) is 54.2 Å². The number of aliphatic carboxylic acids is 1. The van der Waals surface area contributed by atoms with Gasteiger partial charge in [-0.25, -0.2) is 0 Å². The Labute approximate surface area is 234 Å². The molecule has 3 aromatic rings. The number of aromatic hydroxyl groups is 2. The predicted molar refractivity (Wildman–Crippen MR) is 150 cm³/mol. The van der Waals surface area contributed by atoms with Crippen molar-refractivity contribution in [3.05, 3.63) is 70.7 Å². The third-order valence-corrected chi connectivity index (χ3v) is 7.65. The van der Waals surface area contributed by atoms with Crippen molar-refractivity contribution in [2.24, 2.45) is 5.92 Å². The Morgan fingerprint density at radius 3 is 2.36 bits per heavy atom. The number of rotatable bonds is 13. The number of methoxy groups -OCH3 is 1. The average molecular weight is 557 g/mol. The Hall–Kier alpha value is -3.36. The van der Waals surface area contributed by atoms with Gasteiger partial charge < -0.3 is 24.8 Å². The summed E-state index contributed by atoms with van der Waals surface area (Å²) in [5.74, 6) is 0.720. The minimum Gasteiger partial charge on any atom is -0.494 e. The Morgan fingerprint density at radius 1 is 1.03 bits per heavy atom. The SMILES string of the molecule is COc1cc(CN(CC2CCCCC2)C(CC(=O)O)c2ccc(Cl)cc2)ccc1OCCn1c(O)ccc1O. The van der Waals surface area contributed by atoms with Crippen molar-refractivity contribution in [2.75, 3.05) is 20.3 Å². The Bertz CT molecular complexity index is 1200. The zero-order valence-corrected chi connectivity index (χ0v) is 23.0. The molecule has 0 bridgehead atoms. The van der Waals surface area contributed by atoms with Crippen LogP contribution in [0.5, 0.6) is 23.3 Å². The zero-order chi connectivity index (χ0) is 27.8. The molecule has 0 spiro atoms. The van der Waals surface area contributed by atoms with Crippen LogP contribution in [0.1, 0.15) is 55.7 Å². The fourth-order valence-corrected chi connectivity index (χ4v) is 5.52. The van der Waals surface area contributed by atoms with Crippen molar-refractivity contribution >= 4 is 17.6 Å². The number of aromatic nitrogens is 1. The molecule has 0 saturated heterocycles. The largest absolute Gasteiger partial charge is 0.494 e. The highest BCUT2D eigenvalue weighted by Crippen LogP contribution is 2.34.